The monoisotopic (exact) mass is 268 g/mol. The first-order valence-corrected chi connectivity index (χ1v) is 6.92. The molecular weight excluding hydrogens is 248 g/mol. The molecule has 1 aliphatic rings. The highest BCUT2D eigenvalue weighted by molar-refractivity contribution is 6.33. The van der Waals surface area contributed by atoms with Gasteiger partial charge in [-0.3, -0.25) is 0 Å². The van der Waals surface area contributed by atoms with E-state index in [4.69, 9.17) is 22.1 Å². The van der Waals surface area contributed by atoms with Crippen LogP contribution in [-0.4, -0.2) is 31.1 Å². The highest BCUT2D eigenvalue weighted by Crippen LogP contribution is 2.24. The minimum absolute atomic E-state index is 0.558. The molecule has 0 radical (unpaired) electrons. The molecule has 18 heavy (non-hydrogen) atoms. The molecule has 1 unspecified atom stereocenters. The molecule has 0 aliphatic carbocycles. The molecule has 0 aromatic heterocycles. The van der Waals surface area contributed by atoms with Crippen LogP contribution in [0.15, 0.2) is 18.2 Å². The summed E-state index contributed by atoms with van der Waals surface area (Å²) in [6.07, 6.45) is 5.00. The quantitative estimate of drug-likeness (QED) is 0.853. The van der Waals surface area contributed by atoms with E-state index in [-0.39, 0.29) is 0 Å². The molecule has 0 bridgehead atoms. The van der Waals surface area contributed by atoms with Gasteiger partial charge >= 0.3 is 0 Å². The fraction of sp³-hybridized carbons (Fsp3) is 0.571. The van der Waals surface area contributed by atoms with Gasteiger partial charge in [-0.1, -0.05) is 18.0 Å². The Kier molecular flexibility index (Phi) is 4.72. The molecule has 2 N–H and O–H groups in total. The van der Waals surface area contributed by atoms with Crippen molar-refractivity contribution in [3.05, 3.63) is 23.2 Å². The maximum atomic E-state index is 5.95. The summed E-state index contributed by atoms with van der Waals surface area (Å²) in [5, 5.41) is 0.558. The third-order valence-corrected chi connectivity index (χ3v) is 3.94. The summed E-state index contributed by atoms with van der Waals surface area (Å²) in [4.78, 5) is 2.43. The van der Waals surface area contributed by atoms with Gasteiger partial charge < -0.3 is 15.4 Å². The Hall–Kier alpha value is -0.930. The minimum atomic E-state index is 0.558. The van der Waals surface area contributed by atoms with Crippen molar-refractivity contribution in [2.24, 2.45) is 0 Å². The molecule has 1 aliphatic heterocycles. The van der Waals surface area contributed by atoms with E-state index in [2.05, 4.69) is 11.9 Å². The molecule has 1 heterocycles. The number of anilines is 1. The molecule has 2 rings (SSSR count). The molecular formula is C14H21ClN2O. The van der Waals surface area contributed by atoms with Gasteiger partial charge in [-0.15, -0.1) is 0 Å². The van der Waals surface area contributed by atoms with Crippen LogP contribution in [0, 0.1) is 0 Å². The number of hydrogen-bond donors (Lipinski definition) is 1. The van der Waals surface area contributed by atoms with E-state index in [9.17, 15) is 0 Å². The molecule has 0 saturated carbocycles. The van der Waals surface area contributed by atoms with Crippen molar-refractivity contribution in [2.45, 2.75) is 31.7 Å². The van der Waals surface area contributed by atoms with Gasteiger partial charge in [-0.2, -0.15) is 0 Å². The van der Waals surface area contributed by atoms with Crippen LogP contribution in [0.25, 0.3) is 0 Å². The van der Waals surface area contributed by atoms with Gasteiger partial charge in [0.15, 0.2) is 0 Å². The summed E-state index contributed by atoms with van der Waals surface area (Å²) in [5.74, 6) is 0.799. The van der Waals surface area contributed by atoms with Gasteiger partial charge in [0.25, 0.3) is 0 Å². The zero-order valence-corrected chi connectivity index (χ0v) is 11.6. The normalized spacial score (nSPS) is 20.9. The highest BCUT2D eigenvalue weighted by Gasteiger charge is 2.18. The van der Waals surface area contributed by atoms with Crippen LogP contribution >= 0.6 is 11.6 Å². The molecule has 1 atom stereocenters. The number of hydrogen-bond acceptors (Lipinski definition) is 3. The summed E-state index contributed by atoms with van der Waals surface area (Å²) < 4.78 is 5.73. The number of nitrogens with two attached hydrogens (primary N) is 1. The van der Waals surface area contributed by atoms with E-state index in [0.29, 0.717) is 16.8 Å². The number of nitrogen functional groups attached to an aromatic ring is 1. The second kappa shape index (κ2) is 6.30. The molecule has 3 nitrogen and oxygen atoms in total. The Morgan fingerprint density at radius 1 is 1.44 bits per heavy atom. The van der Waals surface area contributed by atoms with Crippen molar-refractivity contribution >= 4 is 17.3 Å². The lowest BCUT2D eigenvalue weighted by Crippen LogP contribution is -2.37. The summed E-state index contributed by atoms with van der Waals surface area (Å²) in [6.45, 7) is 1.94. The zero-order chi connectivity index (χ0) is 13.0. The molecule has 1 fully saturated rings. The standard InChI is InChI=1S/C14H21ClN2O/c1-17-8-3-2-4-11(17)7-9-18-12-5-6-14(16)13(15)10-12/h5-6,10-11H,2-4,7-9,16H2,1H3. The maximum absolute atomic E-state index is 5.95. The number of halogens is 1. The topological polar surface area (TPSA) is 38.5 Å². The lowest BCUT2D eigenvalue weighted by atomic mass is 10.0. The van der Waals surface area contributed by atoms with Crippen LogP contribution in [0.5, 0.6) is 5.75 Å². The van der Waals surface area contributed by atoms with E-state index >= 15 is 0 Å². The van der Waals surface area contributed by atoms with Crippen molar-refractivity contribution < 1.29 is 4.74 Å². The van der Waals surface area contributed by atoms with Gasteiger partial charge in [0.2, 0.25) is 0 Å². The molecule has 4 heteroatoms. The summed E-state index contributed by atoms with van der Waals surface area (Å²) in [5.41, 5.74) is 6.25. The number of ether oxygens (including phenoxy) is 1. The fourth-order valence-electron chi connectivity index (χ4n) is 2.42. The van der Waals surface area contributed by atoms with Crippen molar-refractivity contribution in [3.63, 3.8) is 0 Å². The van der Waals surface area contributed by atoms with Gasteiger partial charge in [0, 0.05) is 12.1 Å². The third kappa shape index (κ3) is 3.53. The van der Waals surface area contributed by atoms with Crippen molar-refractivity contribution in [1.29, 1.82) is 0 Å². The Bertz CT molecular complexity index is 397. The predicted molar refractivity (Wildman–Crippen MR) is 76.2 cm³/mol. The molecule has 1 aromatic carbocycles. The Morgan fingerprint density at radius 3 is 3.00 bits per heavy atom. The van der Waals surface area contributed by atoms with E-state index < -0.39 is 0 Å². The summed E-state index contributed by atoms with van der Waals surface area (Å²) in [7, 11) is 2.20. The molecule has 1 saturated heterocycles. The van der Waals surface area contributed by atoms with E-state index in [1.165, 1.54) is 25.8 Å². The first kappa shape index (κ1) is 13.5. The number of benzene rings is 1. The van der Waals surface area contributed by atoms with Gasteiger partial charge in [-0.05, 0) is 45.0 Å². The zero-order valence-electron chi connectivity index (χ0n) is 10.9. The largest absolute Gasteiger partial charge is 0.493 e. The third-order valence-electron chi connectivity index (χ3n) is 3.61. The van der Waals surface area contributed by atoms with Crippen LogP contribution < -0.4 is 10.5 Å². The Labute approximate surface area is 114 Å². The van der Waals surface area contributed by atoms with Crippen LogP contribution in [0.2, 0.25) is 5.02 Å². The SMILES string of the molecule is CN1CCCCC1CCOc1ccc(N)c(Cl)c1. The summed E-state index contributed by atoms with van der Waals surface area (Å²) in [6, 6.07) is 6.08. The Balaban J connectivity index is 1.79. The average molecular weight is 269 g/mol. The number of nitrogens with zero attached hydrogens (tertiary/aromatic N) is 1. The number of piperidine rings is 1. The lowest BCUT2D eigenvalue weighted by Gasteiger charge is -2.32. The second-order valence-electron chi connectivity index (χ2n) is 4.95. The Morgan fingerprint density at radius 2 is 2.28 bits per heavy atom. The second-order valence-corrected chi connectivity index (χ2v) is 5.36. The van der Waals surface area contributed by atoms with Crippen molar-refractivity contribution in [3.8, 4) is 5.75 Å². The smallest absolute Gasteiger partial charge is 0.120 e. The van der Waals surface area contributed by atoms with Crippen molar-refractivity contribution in [2.75, 3.05) is 25.9 Å². The molecule has 0 spiro atoms. The van der Waals surface area contributed by atoms with Gasteiger partial charge in [0.1, 0.15) is 5.75 Å². The van der Waals surface area contributed by atoms with Gasteiger partial charge in [-0.25, -0.2) is 0 Å². The highest BCUT2D eigenvalue weighted by atomic mass is 35.5. The predicted octanol–water partition coefficient (Wildman–Crippen LogP) is 3.18. The fourth-order valence-corrected chi connectivity index (χ4v) is 2.59. The van der Waals surface area contributed by atoms with Crippen LogP contribution in [-0.2, 0) is 0 Å². The van der Waals surface area contributed by atoms with E-state index in [0.717, 1.165) is 18.8 Å². The maximum Gasteiger partial charge on any atom is 0.120 e. The van der Waals surface area contributed by atoms with Gasteiger partial charge in [0.05, 0.1) is 17.3 Å². The number of likely N-dealkylation sites (tertiary alicyclic amines) is 1. The molecule has 0 amide bonds. The van der Waals surface area contributed by atoms with E-state index in [1.807, 2.05) is 6.07 Å². The first-order valence-electron chi connectivity index (χ1n) is 6.55. The molecule has 100 valence electrons. The van der Waals surface area contributed by atoms with Crippen LogP contribution in [0.3, 0.4) is 0 Å². The van der Waals surface area contributed by atoms with Crippen LogP contribution in [0.1, 0.15) is 25.7 Å². The van der Waals surface area contributed by atoms with Crippen LogP contribution in [0.4, 0.5) is 5.69 Å². The van der Waals surface area contributed by atoms with Crippen molar-refractivity contribution in [1.82, 2.24) is 4.90 Å². The molecule has 1 aromatic rings. The first-order chi connectivity index (χ1) is 8.66. The number of rotatable bonds is 4. The average Bonchev–Trinajstić information content (AvgIpc) is 2.36. The summed E-state index contributed by atoms with van der Waals surface area (Å²) >= 11 is 5.95. The van der Waals surface area contributed by atoms with E-state index in [1.54, 1.807) is 12.1 Å². The lowest BCUT2D eigenvalue weighted by molar-refractivity contribution is 0.153. The minimum Gasteiger partial charge on any atom is -0.493 e.